The van der Waals surface area contributed by atoms with Crippen LogP contribution in [0.4, 0.5) is 4.79 Å². The molecule has 1 N–H and O–H groups in total. The zero-order valence-corrected chi connectivity index (χ0v) is 13.1. The first-order chi connectivity index (χ1) is 9.60. The molecule has 0 unspecified atom stereocenters. The first-order valence-corrected chi connectivity index (χ1v) is 8.06. The van der Waals surface area contributed by atoms with Gasteiger partial charge in [0.05, 0.1) is 6.54 Å². The van der Waals surface area contributed by atoms with Gasteiger partial charge >= 0.3 is 6.03 Å². The van der Waals surface area contributed by atoms with E-state index in [2.05, 4.69) is 22.4 Å². The van der Waals surface area contributed by atoms with Crippen LogP contribution in [0.15, 0.2) is 4.52 Å². The Kier molecular flexibility index (Phi) is 5.28. The Balaban J connectivity index is 1.77. The maximum Gasteiger partial charge on any atom is 0.317 e. The number of hydrogen-bond acceptors (Lipinski definition) is 5. The van der Waals surface area contributed by atoms with Crippen molar-refractivity contribution < 1.29 is 9.32 Å². The molecule has 1 aliphatic rings. The van der Waals surface area contributed by atoms with Gasteiger partial charge < -0.3 is 14.7 Å². The zero-order chi connectivity index (χ0) is 14.5. The standard InChI is InChI=1S/C13H22N4O2S/c1-4-20-11-6-5-10(7-11)17(3)13(18)14-8-12-15-9(2)19-16-12/h10-11H,4-8H2,1-3H3,(H,14,18)/t10-,11+/m1/s1. The predicted octanol–water partition coefficient (Wildman–Crippen LogP) is 2.19. The van der Waals surface area contributed by atoms with Crippen molar-refractivity contribution in [3.8, 4) is 0 Å². The Morgan fingerprint density at radius 3 is 3.00 bits per heavy atom. The second kappa shape index (κ2) is 6.97. The Labute approximate surface area is 123 Å². The molecule has 1 aromatic rings. The van der Waals surface area contributed by atoms with Crippen molar-refractivity contribution >= 4 is 17.8 Å². The van der Waals surface area contributed by atoms with Crippen molar-refractivity contribution in [3.63, 3.8) is 0 Å². The summed E-state index contributed by atoms with van der Waals surface area (Å²) in [5.41, 5.74) is 0. The van der Waals surface area contributed by atoms with Gasteiger partial charge in [-0.15, -0.1) is 0 Å². The van der Waals surface area contributed by atoms with E-state index in [1.165, 1.54) is 6.42 Å². The number of urea groups is 1. The Bertz CT molecular complexity index is 451. The van der Waals surface area contributed by atoms with Crippen LogP contribution in [0.5, 0.6) is 0 Å². The lowest BCUT2D eigenvalue weighted by molar-refractivity contribution is 0.190. The smallest absolute Gasteiger partial charge is 0.317 e. The Morgan fingerprint density at radius 2 is 2.35 bits per heavy atom. The maximum atomic E-state index is 12.1. The first-order valence-electron chi connectivity index (χ1n) is 7.01. The fourth-order valence-electron chi connectivity index (χ4n) is 2.51. The SMILES string of the molecule is CCS[C@H]1CC[C@@H](N(C)C(=O)NCc2noc(C)n2)C1. The monoisotopic (exact) mass is 298 g/mol. The fraction of sp³-hybridized carbons (Fsp3) is 0.769. The molecule has 1 saturated carbocycles. The number of nitrogens with zero attached hydrogens (tertiary/aromatic N) is 3. The topological polar surface area (TPSA) is 71.3 Å². The van der Waals surface area contributed by atoms with Crippen molar-refractivity contribution in [1.82, 2.24) is 20.4 Å². The van der Waals surface area contributed by atoms with E-state index < -0.39 is 0 Å². The van der Waals surface area contributed by atoms with Gasteiger partial charge in [0.2, 0.25) is 5.89 Å². The number of carbonyl (C=O) groups excluding carboxylic acids is 1. The van der Waals surface area contributed by atoms with Crippen LogP contribution in [0, 0.1) is 6.92 Å². The van der Waals surface area contributed by atoms with Gasteiger partial charge in [0, 0.05) is 25.3 Å². The average molecular weight is 298 g/mol. The van der Waals surface area contributed by atoms with Crippen molar-refractivity contribution in [3.05, 3.63) is 11.7 Å². The Hall–Kier alpha value is -1.24. The molecule has 0 bridgehead atoms. The van der Waals surface area contributed by atoms with E-state index >= 15 is 0 Å². The van der Waals surface area contributed by atoms with E-state index in [0.717, 1.165) is 18.6 Å². The molecule has 1 fully saturated rings. The van der Waals surface area contributed by atoms with Gasteiger partial charge in [-0.05, 0) is 25.0 Å². The lowest BCUT2D eigenvalue weighted by Gasteiger charge is -2.24. The minimum atomic E-state index is -0.0698. The van der Waals surface area contributed by atoms with Gasteiger partial charge in [-0.25, -0.2) is 4.79 Å². The second-order valence-electron chi connectivity index (χ2n) is 5.04. The predicted molar refractivity (Wildman–Crippen MR) is 78.6 cm³/mol. The number of amides is 2. The molecule has 6 nitrogen and oxygen atoms in total. The highest BCUT2D eigenvalue weighted by atomic mass is 32.2. The molecule has 0 saturated heterocycles. The maximum absolute atomic E-state index is 12.1. The summed E-state index contributed by atoms with van der Waals surface area (Å²) in [7, 11) is 1.86. The van der Waals surface area contributed by atoms with Gasteiger partial charge in [0.25, 0.3) is 0 Å². The van der Waals surface area contributed by atoms with Crippen molar-refractivity contribution in [1.29, 1.82) is 0 Å². The third-order valence-electron chi connectivity index (χ3n) is 3.59. The number of carbonyl (C=O) groups is 1. The molecule has 0 aliphatic heterocycles. The molecule has 2 atom stereocenters. The molecule has 2 amide bonds. The van der Waals surface area contributed by atoms with E-state index in [1.54, 1.807) is 6.92 Å². The molecular formula is C13H22N4O2S. The highest BCUT2D eigenvalue weighted by Crippen LogP contribution is 2.32. The first kappa shape index (κ1) is 15.2. The molecule has 112 valence electrons. The summed E-state index contributed by atoms with van der Waals surface area (Å²) in [5.74, 6) is 2.16. The molecule has 20 heavy (non-hydrogen) atoms. The van der Waals surface area contributed by atoms with Crippen LogP contribution in [0.1, 0.15) is 37.9 Å². The average Bonchev–Trinajstić information content (AvgIpc) is 3.05. The number of aromatic nitrogens is 2. The summed E-state index contributed by atoms with van der Waals surface area (Å²) in [6, 6.07) is 0.269. The van der Waals surface area contributed by atoms with E-state index in [0.29, 0.717) is 29.6 Å². The van der Waals surface area contributed by atoms with Crippen LogP contribution >= 0.6 is 11.8 Å². The molecule has 7 heteroatoms. The van der Waals surface area contributed by atoms with E-state index in [9.17, 15) is 4.79 Å². The summed E-state index contributed by atoms with van der Waals surface area (Å²) in [5, 5.41) is 7.28. The third-order valence-corrected chi connectivity index (χ3v) is 4.83. The fourth-order valence-corrected chi connectivity index (χ4v) is 3.65. The van der Waals surface area contributed by atoms with Gasteiger partial charge in [-0.1, -0.05) is 12.1 Å². The van der Waals surface area contributed by atoms with E-state index in [4.69, 9.17) is 4.52 Å². The van der Waals surface area contributed by atoms with Gasteiger partial charge in [-0.2, -0.15) is 16.7 Å². The minimum absolute atomic E-state index is 0.0698. The van der Waals surface area contributed by atoms with Crippen molar-refractivity contribution in [2.45, 2.75) is 50.9 Å². The lowest BCUT2D eigenvalue weighted by atomic mass is 10.2. The third kappa shape index (κ3) is 3.88. The van der Waals surface area contributed by atoms with E-state index in [1.807, 2.05) is 23.7 Å². The summed E-state index contributed by atoms with van der Waals surface area (Å²) in [6.07, 6.45) is 3.37. The minimum Gasteiger partial charge on any atom is -0.340 e. The van der Waals surface area contributed by atoms with E-state index in [-0.39, 0.29) is 6.03 Å². The van der Waals surface area contributed by atoms with Crippen LogP contribution in [0.25, 0.3) is 0 Å². The van der Waals surface area contributed by atoms with Crippen LogP contribution in [0.2, 0.25) is 0 Å². The highest BCUT2D eigenvalue weighted by Gasteiger charge is 2.29. The molecule has 2 rings (SSSR count). The summed E-state index contributed by atoms with van der Waals surface area (Å²) < 4.78 is 4.87. The molecule has 1 heterocycles. The normalized spacial score (nSPS) is 21.9. The summed E-state index contributed by atoms with van der Waals surface area (Å²) in [6.45, 7) is 4.22. The second-order valence-corrected chi connectivity index (χ2v) is 6.62. The molecule has 0 aromatic carbocycles. The van der Waals surface area contributed by atoms with Gasteiger partial charge in [0.1, 0.15) is 0 Å². The summed E-state index contributed by atoms with van der Waals surface area (Å²) in [4.78, 5) is 18.0. The summed E-state index contributed by atoms with van der Waals surface area (Å²) >= 11 is 1.99. The number of thioether (sulfide) groups is 1. The highest BCUT2D eigenvalue weighted by molar-refractivity contribution is 7.99. The van der Waals surface area contributed by atoms with Crippen LogP contribution in [-0.4, -0.2) is 45.2 Å². The number of nitrogens with one attached hydrogen (secondary N) is 1. The molecular weight excluding hydrogens is 276 g/mol. The van der Waals surface area contributed by atoms with Crippen LogP contribution < -0.4 is 5.32 Å². The quantitative estimate of drug-likeness (QED) is 0.902. The molecule has 0 radical (unpaired) electrons. The number of rotatable bonds is 5. The van der Waals surface area contributed by atoms with Crippen molar-refractivity contribution in [2.24, 2.45) is 0 Å². The Morgan fingerprint density at radius 1 is 1.55 bits per heavy atom. The zero-order valence-electron chi connectivity index (χ0n) is 12.3. The largest absolute Gasteiger partial charge is 0.340 e. The van der Waals surface area contributed by atoms with Gasteiger partial charge in [-0.3, -0.25) is 0 Å². The molecule has 0 spiro atoms. The lowest BCUT2D eigenvalue weighted by Crippen LogP contribution is -2.42. The van der Waals surface area contributed by atoms with Gasteiger partial charge in [0.15, 0.2) is 5.82 Å². The van der Waals surface area contributed by atoms with Crippen molar-refractivity contribution in [2.75, 3.05) is 12.8 Å². The molecule has 1 aromatic heterocycles. The van der Waals surface area contributed by atoms with Crippen LogP contribution in [0.3, 0.4) is 0 Å². The molecule has 1 aliphatic carbocycles. The van der Waals surface area contributed by atoms with Crippen LogP contribution in [-0.2, 0) is 6.54 Å². The number of hydrogen-bond donors (Lipinski definition) is 1. The number of aryl methyl sites for hydroxylation is 1.